The number of rotatable bonds is 5. The fourth-order valence-corrected chi connectivity index (χ4v) is 6.56. The molecule has 0 N–H and O–H groups in total. The van der Waals surface area contributed by atoms with Crippen LogP contribution in [0.15, 0.2) is 24.3 Å². The molecule has 0 heterocycles. The number of ether oxygens (including phenoxy) is 2. The van der Waals surface area contributed by atoms with E-state index in [0.29, 0.717) is 12.0 Å². The standard InChI is InChI=1S/C25H35F3O2/c1-2-29-23-11-7-17(8-12-23)19-3-5-22-16-20(4-6-21(22)15-19)18-9-13-24(14-10-18)30-25(26,27)28/h9-10,13-14,17,19-23H,2-8,11-12,15-16H2,1H3/t17?,19?,20-,21-,22-,23?/m1/s1. The molecule has 0 aromatic heterocycles. The highest BCUT2D eigenvalue weighted by Crippen LogP contribution is 2.50. The van der Waals surface area contributed by atoms with Crippen molar-refractivity contribution in [2.75, 3.05) is 6.61 Å². The summed E-state index contributed by atoms with van der Waals surface area (Å²) in [6.07, 6.45) is 8.69. The van der Waals surface area contributed by atoms with Crippen LogP contribution in [0.3, 0.4) is 0 Å². The molecule has 1 aromatic carbocycles. The minimum atomic E-state index is -4.62. The van der Waals surface area contributed by atoms with E-state index in [1.807, 2.05) is 12.1 Å². The molecule has 4 atom stereocenters. The maximum Gasteiger partial charge on any atom is 0.573 e. The second kappa shape index (κ2) is 9.50. The Bertz CT molecular complexity index is 664. The molecule has 0 aliphatic heterocycles. The van der Waals surface area contributed by atoms with E-state index < -0.39 is 6.36 Å². The third-order valence-corrected chi connectivity index (χ3v) is 8.03. The van der Waals surface area contributed by atoms with Crippen molar-refractivity contribution in [1.29, 1.82) is 0 Å². The molecule has 0 amide bonds. The molecule has 2 nitrogen and oxygen atoms in total. The summed E-state index contributed by atoms with van der Waals surface area (Å²) in [7, 11) is 0. The summed E-state index contributed by atoms with van der Waals surface area (Å²) in [5.74, 6) is 3.76. The van der Waals surface area contributed by atoms with Gasteiger partial charge in [-0.15, -0.1) is 13.2 Å². The van der Waals surface area contributed by atoms with E-state index in [0.717, 1.165) is 36.7 Å². The van der Waals surface area contributed by atoms with Gasteiger partial charge in [-0.2, -0.15) is 0 Å². The van der Waals surface area contributed by atoms with Crippen LogP contribution < -0.4 is 4.74 Å². The summed E-state index contributed by atoms with van der Waals surface area (Å²) >= 11 is 0. The van der Waals surface area contributed by atoms with Crippen LogP contribution in [0.1, 0.15) is 82.6 Å². The van der Waals surface area contributed by atoms with Crippen LogP contribution in [0, 0.1) is 23.7 Å². The van der Waals surface area contributed by atoms with Crippen molar-refractivity contribution in [2.24, 2.45) is 23.7 Å². The molecule has 5 heteroatoms. The summed E-state index contributed by atoms with van der Waals surface area (Å²) in [5.41, 5.74) is 1.17. The topological polar surface area (TPSA) is 18.5 Å². The third kappa shape index (κ3) is 5.52. The van der Waals surface area contributed by atoms with Crippen LogP contribution in [-0.4, -0.2) is 19.1 Å². The lowest BCUT2D eigenvalue weighted by molar-refractivity contribution is -0.274. The van der Waals surface area contributed by atoms with Gasteiger partial charge in [0.05, 0.1) is 6.10 Å². The van der Waals surface area contributed by atoms with E-state index in [2.05, 4.69) is 11.7 Å². The zero-order valence-electron chi connectivity index (χ0n) is 18.0. The van der Waals surface area contributed by atoms with Gasteiger partial charge in [0, 0.05) is 6.61 Å². The number of hydrogen-bond acceptors (Lipinski definition) is 2. The molecule has 0 radical (unpaired) electrons. The molecular weight excluding hydrogens is 389 g/mol. The van der Waals surface area contributed by atoms with E-state index in [1.54, 1.807) is 0 Å². The van der Waals surface area contributed by atoms with Crippen LogP contribution in [0.25, 0.3) is 0 Å². The number of hydrogen-bond donors (Lipinski definition) is 0. The Hall–Kier alpha value is -1.23. The quantitative estimate of drug-likeness (QED) is 0.488. The number of halogens is 3. The maximum atomic E-state index is 12.4. The van der Waals surface area contributed by atoms with Crippen LogP contribution >= 0.6 is 0 Å². The van der Waals surface area contributed by atoms with Crippen molar-refractivity contribution in [1.82, 2.24) is 0 Å². The smallest absolute Gasteiger partial charge is 0.406 e. The lowest BCUT2D eigenvalue weighted by atomic mass is 9.60. The van der Waals surface area contributed by atoms with Crippen molar-refractivity contribution in [3.8, 4) is 5.75 Å². The zero-order chi connectivity index (χ0) is 21.1. The second-order valence-corrected chi connectivity index (χ2v) is 9.71. The van der Waals surface area contributed by atoms with E-state index in [9.17, 15) is 13.2 Å². The molecule has 0 bridgehead atoms. The molecule has 4 rings (SSSR count). The Morgan fingerprint density at radius 2 is 1.33 bits per heavy atom. The van der Waals surface area contributed by atoms with E-state index in [1.165, 1.54) is 75.5 Å². The largest absolute Gasteiger partial charge is 0.573 e. The molecular formula is C25H35F3O2. The van der Waals surface area contributed by atoms with Gasteiger partial charge in [-0.3, -0.25) is 0 Å². The molecule has 3 saturated carbocycles. The van der Waals surface area contributed by atoms with Gasteiger partial charge in [-0.1, -0.05) is 12.1 Å². The minimum Gasteiger partial charge on any atom is -0.406 e. The van der Waals surface area contributed by atoms with Crippen molar-refractivity contribution in [3.63, 3.8) is 0 Å². The van der Waals surface area contributed by atoms with Gasteiger partial charge >= 0.3 is 6.36 Å². The minimum absolute atomic E-state index is 0.125. The highest BCUT2D eigenvalue weighted by Gasteiger charge is 2.39. The van der Waals surface area contributed by atoms with Crippen LogP contribution in [-0.2, 0) is 4.74 Å². The molecule has 0 saturated heterocycles. The van der Waals surface area contributed by atoms with Gasteiger partial charge in [0.15, 0.2) is 0 Å². The van der Waals surface area contributed by atoms with Crippen molar-refractivity contribution in [2.45, 2.75) is 89.5 Å². The lowest BCUT2D eigenvalue weighted by Crippen LogP contribution is -2.35. The Balaban J connectivity index is 1.27. The van der Waals surface area contributed by atoms with Crippen molar-refractivity contribution < 1.29 is 22.6 Å². The zero-order valence-corrected chi connectivity index (χ0v) is 18.0. The third-order valence-electron chi connectivity index (χ3n) is 8.03. The van der Waals surface area contributed by atoms with E-state index in [4.69, 9.17) is 4.74 Å². The van der Waals surface area contributed by atoms with Crippen molar-refractivity contribution >= 4 is 0 Å². The summed E-state index contributed by atoms with van der Waals surface area (Å²) in [4.78, 5) is 0. The first kappa shape index (κ1) is 22.0. The first-order valence-corrected chi connectivity index (χ1v) is 11.9. The Morgan fingerprint density at radius 3 is 1.97 bits per heavy atom. The summed E-state index contributed by atoms with van der Waals surface area (Å²) in [6, 6.07) is 6.58. The number of alkyl halides is 3. The Kier molecular flexibility index (Phi) is 6.96. The van der Waals surface area contributed by atoms with Crippen LogP contribution in [0.4, 0.5) is 13.2 Å². The summed E-state index contributed by atoms with van der Waals surface area (Å²) in [5, 5.41) is 0. The van der Waals surface area contributed by atoms with E-state index >= 15 is 0 Å². The van der Waals surface area contributed by atoms with Crippen LogP contribution in [0.2, 0.25) is 0 Å². The predicted octanol–water partition coefficient (Wildman–Crippen LogP) is 7.48. The molecule has 3 aliphatic rings. The predicted molar refractivity (Wildman–Crippen MR) is 111 cm³/mol. The molecule has 30 heavy (non-hydrogen) atoms. The number of benzene rings is 1. The van der Waals surface area contributed by atoms with Gasteiger partial charge in [0.2, 0.25) is 0 Å². The van der Waals surface area contributed by atoms with Gasteiger partial charge in [-0.05, 0) is 118 Å². The summed E-state index contributed by atoms with van der Waals surface area (Å²) < 4.78 is 47.0. The maximum absolute atomic E-state index is 12.4. The average Bonchev–Trinajstić information content (AvgIpc) is 2.73. The van der Waals surface area contributed by atoms with Crippen molar-refractivity contribution in [3.05, 3.63) is 29.8 Å². The highest BCUT2D eigenvalue weighted by atomic mass is 19.4. The lowest BCUT2D eigenvalue weighted by Gasteiger charge is -2.45. The fraction of sp³-hybridized carbons (Fsp3) is 0.760. The average molecular weight is 425 g/mol. The molecule has 0 spiro atoms. The monoisotopic (exact) mass is 424 g/mol. The van der Waals surface area contributed by atoms with Gasteiger partial charge in [0.1, 0.15) is 5.75 Å². The normalized spacial score (nSPS) is 34.9. The first-order chi connectivity index (χ1) is 14.4. The molecule has 168 valence electrons. The molecule has 3 aliphatic carbocycles. The highest BCUT2D eigenvalue weighted by molar-refractivity contribution is 5.30. The molecule has 1 unspecified atom stereocenters. The number of fused-ring (bicyclic) bond motifs is 1. The van der Waals surface area contributed by atoms with Gasteiger partial charge < -0.3 is 9.47 Å². The summed E-state index contributed by atoms with van der Waals surface area (Å²) in [6.45, 7) is 2.93. The van der Waals surface area contributed by atoms with Gasteiger partial charge in [0.25, 0.3) is 0 Å². The van der Waals surface area contributed by atoms with E-state index in [-0.39, 0.29) is 5.75 Å². The molecule has 1 aromatic rings. The van der Waals surface area contributed by atoms with Gasteiger partial charge in [-0.25, -0.2) is 0 Å². The fourth-order valence-electron chi connectivity index (χ4n) is 6.56. The SMILES string of the molecule is CCOC1CCC(C2CC[C@@H]3C[C@H](c4ccc(OC(F)(F)F)cc4)CC[C@@H]3C2)CC1. The second-order valence-electron chi connectivity index (χ2n) is 9.71. The first-order valence-electron chi connectivity index (χ1n) is 11.9. The Labute approximate surface area is 178 Å². The Morgan fingerprint density at radius 1 is 0.767 bits per heavy atom. The van der Waals surface area contributed by atoms with Crippen LogP contribution in [0.5, 0.6) is 5.75 Å². The molecule has 3 fully saturated rings.